The Labute approximate surface area is 85.7 Å². The van der Waals surface area contributed by atoms with Crippen LogP contribution in [0.5, 0.6) is 0 Å². The summed E-state index contributed by atoms with van der Waals surface area (Å²) in [5.41, 5.74) is 5.36. The van der Waals surface area contributed by atoms with E-state index in [9.17, 15) is 4.39 Å². The van der Waals surface area contributed by atoms with Crippen LogP contribution in [-0.4, -0.2) is 22.3 Å². The normalized spacial score (nSPS) is 9.64. The van der Waals surface area contributed by atoms with Gasteiger partial charge in [-0.15, -0.1) is 0 Å². The predicted octanol–water partition coefficient (Wildman–Crippen LogP) is -0.839. The molecule has 0 radical (unpaired) electrons. The molecular formula is C7H8BFN2O2S. The molecule has 0 unspecified atom stereocenters. The van der Waals surface area contributed by atoms with Crippen LogP contribution in [0.4, 0.5) is 10.1 Å². The van der Waals surface area contributed by atoms with Crippen molar-refractivity contribution in [3.05, 3.63) is 24.0 Å². The summed E-state index contributed by atoms with van der Waals surface area (Å²) in [4.78, 5) is 0. The summed E-state index contributed by atoms with van der Waals surface area (Å²) in [6.45, 7) is 0. The van der Waals surface area contributed by atoms with Crippen molar-refractivity contribution in [3.8, 4) is 0 Å². The highest BCUT2D eigenvalue weighted by Gasteiger charge is 2.16. The van der Waals surface area contributed by atoms with Crippen molar-refractivity contribution >= 4 is 35.6 Å². The maximum Gasteiger partial charge on any atom is 0.491 e. The van der Waals surface area contributed by atoms with E-state index < -0.39 is 12.9 Å². The summed E-state index contributed by atoms with van der Waals surface area (Å²) in [5.74, 6) is -0.700. The Morgan fingerprint density at radius 2 is 2.14 bits per heavy atom. The Morgan fingerprint density at radius 3 is 2.64 bits per heavy atom. The molecule has 0 spiro atoms. The van der Waals surface area contributed by atoms with Gasteiger partial charge in [0.1, 0.15) is 5.82 Å². The van der Waals surface area contributed by atoms with Gasteiger partial charge in [-0.1, -0.05) is 0 Å². The standard InChI is InChI=1S/C7H8BFN2O2S/c9-6-2-1-4(11-7(10)14)3-5(6)8(12)13/h1-3,12-13H,(H3,10,11,14). The minimum atomic E-state index is -1.86. The van der Waals surface area contributed by atoms with Gasteiger partial charge in [-0.2, -0.15) is 0 Å². The monoisotopic (exact) mass is 214 g/mol. The van der Waals surface area contributed by atoms with Crippen molar-refractivity contribution in [2.24, 2.45) is 5.73 Å². The first-order chi connectivity index (χ1) is 6.50. The van der Waals surface area contributed by atoms with Gasteiger partial charge in [0, 0.05) is 11.2 Å². The van der Waals surface area contributed by atoms with E-state index in [1.807, 2.05) is 0 Å². The number of hydrogen-bond acceptors (Lipinski definition) is 3. The Morgan fingerprint density at radius 1 is 1.50 bits per heavy atom. The van der Waals surface area contributed by atoms with E-state index in [-0.39, 0.29) is 10.6 Å². The molecule has 4 nitrogen and oxygen atoms in total. The van der Waals surface area contributed by atoms with E-state index in [1.165, 1.54) is 12.1 Å². The van der Waals surface area contributed by atoms with E-state index in [2.05, 4.69) is 17.5 Å². The molecule has 1 aromatic carbocycles. The second-order valence-electron chi connectivity index (χ2n) is 2.60. The summed E-state index contributed by atoms with van der Waals surface area (Å²) < 4.78 is 12.9. The fraction of sp³-hybridized carbons (Fsp3) is 0. The summed E-state index contributed by atoms with van der Waals surface area (Å²) in [6.07, 6.45) is 0. The lowest BCUT2D eigenvalue weighted by Gasteiger charge is -2.06. The molecule has 74 valence electrons. The van der Waals surface area contributed by atoms with E-state index in [0.29, 0.717) is 5.69 Å². The molecule has 0 aliphatic heterocycles. The van der Waals surface area contributed by atoms with E-state index in [0.717, 1.165) is 6.07 Å². The van der Waals surface area contributed by atoms with Crippen LogP contribution in [0.3, 0.4) is 0 Å². The summed E-state index contributed by atoms with van der Waals surface area (Å²) in [5, 5.41) is 20.1. The molecule has 1 aromatic rings. The van der Waals surface area contributed by atoms with Crippen LogP contribution in [0.1, 0.15) is 0 Å². The van der Waals surface area contributed by atoms with Gasteiger partial charge in [-0.3, -0.25) is 0 Å². The highest BCUT2D eigenvalue weighted by molar-refractivity contribution is 7.80. The Hall–Kier alpha value is -1.18. The van der Waals surface area contributed by atoms with Crippen molar-refractivity contribution in [1.29, 1.82) is 0 Å². The molecule has 0 aliphatic rings. The number of nitrogens with two attached hydrogens (primary N) is 1. The van der Waals surface area contributed by atoms with Crippen LogP contribution >= 0.6 is 12.2 Å². The number of nitrogens with one attached hydrogen (secondary N) is 1. The van der Waals surface area contributed by atoms with Gasteiger partial charge in [0.25, 0.3) is 0 Å². The molecule has 7 heteroatoms. The predicted molar refractivity (Wildman–Crippen MR) is 56.6 cm³/mol. The zero-order valence-electron chi connectivity index (χ0n) is 7.07. The van der Waals surface area contributed by atoms with Crippen LogP contribution in [0.15, 0.2) is 18.2 Å². The number of thiocarbonyl (C=S) groups is 1. The van der Waals surface area contributed by atoms with Crippen molar-refractivity contribution in [1.82, 2.24) is 0 Å². The molecular weight excluding hydrogens is 206 g/mol. The second kappa shape index (κ2) is 4.36. The van der Waals surface area contributed by atoms with Gasteiger partial charge in [0.05, 0.1) is 0 Å². The molecule has 0 saturated heterocycles. The van der Waals surface area contributed by atoms with E-state index in [1.54, 1.807) is 0 Å². The molecule has 0 saturated carbocycles. The molecule has 14 heavy (non-hydrogen) atoms. The average molecular weight is 214 g/mol. The van der Waals surface area contributed by atoms with Crippen molar-refractivity contribution < 1.29 is 14.4 Å². The zero-order valence-corrected chi connectivity index (χ0v) is 7.88. The van der Waals surface area contributed by atoms with Crippen molar-refractivity contribution in [2.45, 2.75) is 0 Å². The molecule has 0 aliphatic carbocycles. The molecule has 0 atom stereocenters. The molecule has 1 rings (SSSR count). The van der Waals surface area contributed by atoms with Crippen LogP contribution < -0.4 is 16.5 Å². The maximum atomic E-state index is 12.9. The smallest absolute Gasteiger partial charge is 0.423 e. The molecule has 0 amide bonds. The van der Waals surface area contributed by atoms with E-state index in [4.69, 9.17) is 15.8 Å². The van der Waals surface area contributed by atoms with Crippen LogP contribution in [0, 0.1) is 5.82 Å². The summed E-state index contributed by atoms with van der Waals surface area (Å²) in [6, 6.07) is 3.70. The summed E-state index contributed by atoms with van der Waals surface area (Å²) >= 11 is 4.57. The third-order valence-corrected chi connectivity index (χ3v) is 1.64. The van der Waals surface area contributed by atoms with Crippen LogP contribution in [-0.2, 0) is 0 Å². The lowest BCUT2D eigenvalue weighted by Crippen LogP contribution is -2.33. The topological polar surface area (TPSA) is 78.5 Å². The lowest BCUT2D eigenvalue weighted by atomic mass is 9.79. The van der Waals surface area contributed by atoms with Gasteiger partial charge in [0.2, 0.25) is 0 Å². The maximum absolute atomic E-state index is 12.9. The zero-order chi connectivity index (χ0) is 10.7. The van der Waals surface area contributed by atoms with Crippen LogP contribution in [0.25, 0.3) is 0 Å². The van der Waals surface area contributed by atoms with Crippen molar-refractivity contribution in [3.63, 3.8) is 0 Å². The van der Waals surface area contributed by atoms with E-state index >= 15 is 0 Å². The van der Waals surface area contributed by atoms with Gasteiger partial charge in [-0.25, -0.2) is 4.39 Å². The Kier molecular flexibility index (Phi) is 3.40. The number of halogens is 1. The summed E-state index contributed by atoms with van der Waals surface area (Å²) in [7, 11) is -1.86. The number of rotatable bonds is 2. The third-order valence-electron chi connectivity index (χ3n) is 1.54. The minimum absolute atomic E-state index is 0.0231. The third kappa shape index (κ3) is 2.66. The van der Waals surface area contributed by atoms with Crippen LogP contribution in [0.2, 0.25) is 0 Å². The number of anilines is 1. The van der Waals surface area contributed by atoms with Crippen molar-refractivity contribution in [2.75, 3.05) is 5.32 Å². The quantitative estimate of drug-likeness (QED) is 0.381. The molecule has 0 heterocycles. The van der Waals surface area contributed by atoms with Gasteiger partial charge < -0.3 is 21.1 Å². The first kappa shape index (κ1) is 10.9. The molecule has 0 fully saturated rings. The molecule has 5 N–H and O–H groups in total. The highest BCUT2D eigenvalue weighted by atomic mass is 32.1. The molecule has 0 aromatic heterocycles. The first-order valence-electron chi connectivity index (χ1n) is 3.72. The Bertz CT molecular complexity index is 362. The largest absolute Gasteiger partial charge is 0.491 e. The average Bonchev–Trinajstić information content (AvgIpc) is 2.07. The van der Waals surface area contributed by atoms with Gasteiger partial charge in [-0.05, 0) is 30.4 Å². The Balaban J connectivity index is 3.00. The van der Waals surface area contributed by atoms with Gasteiger partial charge >= 0.3 is 7.12 Å². The lowest BCUT2D eigenvalue weighted by molar-refractivity contribution is 0.423. The number of benzene rings is 1. The highest BCUT2D eigenvalue weighted by Crippen LogP contribution is 2.06. The SMILES string of the molecule is NC(=S)Nc1ccc(F)c(B(O)O)c1. The minimum Gasteiger partial charge on any atom is -0.423 e. The fourth-order valence-corrected chi connectivity index (χ4v) is 1.08. The van der Waals surface area contributed by atoms with Gasteiger partial charge in [0.15, 0.2) is 5.11 Å². The number of hydrogen-bond donors (Lipinski definition) is 4. The molecule has 0 bridgehead atoms. The first-order valence-corrected chi connectivity index (χ1v) is 4.13. The fourth-order valence-electron chi connectivity index (χ4n) is 0.962. The second-order valence-corrected chi connectivity index (χ2v) is 3.04.